The first-order valence-corrected chi connectivity index (χ1v) is 11.0. The number of hydrogen-bond acceptors (Lipinski definition) is 7. The second kappa shape index (κ2) is 10.9. The third-order valence-corrected chi connectivity index (χ3v) is 6.81. The largest absolute Gasteiger partial charge is 0.497 e. The molecule has 1 aliphatic heterocycles. The van der Waals surface area contributed by atoms with Gasteiger partial charge in [0.15, 0.2) is 0 Å². The smallest absolute Gasteiger partial charge is 0.118 e. The van der Waals surface area contributed by atoms with Crippen molar-refractivity contribution in [2.75, 3.05) is 54.2 Å². The van der Waals surface area contributed by atoms with E-state index >= 15 is 0 Å². The van der Waals surface area contributed by atoms with E-state index in [0.717, 1.165) is 31.9 Å². The van der Waals surface area contributed by atoms with E-state index in [0.29, 0.717) is 13.2 Å². The topological polar surface area (TPSA) is 34.2 Å². The summed E-state index contributed by atoms with van der Waals surface area (Å²) in [5.74, 6) is 0.886. The van der Waals surface area contributed by atoms with E-state index in [1.54, 1.807) is 32.7 Å². The van der Waals surface area contributed by atoms with Crippen molar-refractivity contribution in [3.63, 3.8) is 0 Å². The Morgan fingerprint density at radius 1 is 0.964 bits per heavy atom. The second-order valence-corrected chi connectivity index (χ2v) is 8.74. The molecule has 0 amide bonds. The zero-order valence-electron chi connectivity index (χ0n) is 16.7. The van der Waals surface area contributed by atoms with Gasteiger partial charge in [0.1, 0.15) is 5.75 Å². The molecule has 0 fully saturated rings. The van der Waals surface area contributed by atoms with Crippen LogP contribution in [0, 0.1) is 0 Å². The number of benzene rings is 1. The fourth-order valence-corrected chi connectivity index (χ4v) is 5.08. The van der Waals surface area contributed by atoms with Crippen LogP contribution in [-0.2, 0) is 16.0 Å². The molecule has 1 aromatic carbocycles. The average molecular weight is 421 g/mol. The Hall–Kier alpha value is -1.51. The Kier molecular flexibility index (Phi) is 8.24. The SMILES string of the molecule is COCCN(CCOC)CC1=Cc2ccsc2SN1Cc1ccc(OC)cc1. The molecule has 0 saturated heterocycles. The molecule has 28 heavy (non-hydrogen) atoms. The minimum Gasteiger partial charge on any atom is -0.497 e. The van der Waals surface area contributed by atoms with Crippen LogP contribution in [-0.4, -0.2) is 63.4 Å². The molecule has 0 aliphatic carbocycles. The first-order chi connectivity index (χ1) is 13.7. The van der Waals surface area contributed by atoms with Gasteiger partial charge in [-0.05, 0) is 47.2 Å². The van der Waals surface area contributed by atoms with Gasteiger partial charge < -0.3 is 18.5 Å². The lowest BCUT2D eigenvalue weighted by Crippen LogP contribution is -2.35. The van der Waals surface area contributed by atoms with Crippen LogP contribution < -0.4 is 4.74 Å². The van der Waals surface area contributed by atoms with E-state index in [1.165, 1.54) is 21.0 Å². The summed E-state index contributed by atoms with van der Waals surface area (Å²) < 4.78 is 19.6. The Bertz CT molecular complexity index is 753. The van der Waals surface area contributed by atoms with Gasteiger partial charge in [-0.3, -0.25) is 4.90 Å². The summed E-state index contributed by atoms with van der Waals surface area (Å²) in [7, 11) is 5.19. The number of thiophene rings is 1. The number of nitrogens with zero attached hydrogens (tertiary/aromatic N) is 2. The highest BCUT2D eigenvalue weighted by molar-refractivity contribution is 7.99. The maximum atomic E-state index is 5.30. The average Bonchev–Trinajstić information content (AvgIpc) is 3.17. The predicted molar refractivity (Wildman–Crippen MR) is 117 cm³/mol. The van der Waals surface area contributed by atoms with Crippen molar-refractivity contribution in [1.29, 1.82) is 0 Å². The third kappa shape index (κ3) is 5.75. The van der Waals surface area contributed by atoms with Crippen LogP contribution in [0.4, 0.5) is 0 Å². The molecule has 1 aliphatic rings. The molecule has 3 rings (SSSR count). The van der Waals surface area contributed by atoms with E-state index in [4.69, 9.17) is 14.2 Å². The Morgan fingerprint density at radius 2 is 1.68 bits per heavy atom. The van der Waals surface area contributed by atoms with Gasteiger partial charge in [-0.2, -0.15) is 0 Å². The highest BCUT2D eigenvalue weighted by atomic mass is 32.2. The van der Waals surface area contributed by atoms with Crippen LogP contribution in [0.2, 0.25) is 0 Å². The van der Waals surface area contributed by atoms with Crippen LogP contribution in [0.5, 0.6) is 5.75 Å². The first-order valence-electron chi connectivity index (χ1n) is 9.30. The lowest BCUT2D eigenvalue weighted by Gasteiger charge is -2.33. The van der Waals surface area contributed by atoms with Crippen molar-refractivity contribution in [3.05, 3.63) is 52.5 Å². The van der Waals surface area contributed by atoms with Gasteiger partial charge in [0.25, 0.3) is 0 Å². The first kappa shape index (κ1) is 21.2. The Balaban J connectivity index is 1.76. The molecule has 5 nitrogen and oxygen atoms in total. The highest BCUT2D eigenvalue weighted by Gasteiger charge is 2.22. The van der Waals surface area contributed by atoms with Crippen molar-refractivity contribution < 1.29 is 14.2 Å². The summed E-state index contributed by atoms with van der Waals surface area (Å²) in [6.07, 6.45) is 2.32. The molecule has 0 unspecified atom stereocenters. The van der Waals surface area contributed by atoms with Crippen molar-refractivity contribution in [2.45, 2.75) is 10.8 Å². The lowest BCUT2D eigenvalue weighted by atomic mass is 10.2. The van der Waals surface area contributed by atoms with Crippen LogP contribution >= 0.6 is 23.3 Å². The number of rotatable bonds is 11. The summed E-state index contributed by atoms with van der Waals surface area (Å²) in [4.78, 5) is 2.39. The van der Waals surface area contributed by atoms with E-state index < -0.39 is 0 Å². The summed E-state index contributed by atoms with van der Waals surface area (Å²) in [6.45, 7) is 4.91. The molecule has 152 valence electrons. The normalized spacial score (nSPS) is 13.6. The molecule has 2 aromatic rings. The van der Waals surface area contributed by atoms with Crippen molar-refractivity contribution in [2.24, 2.45) is 0 Å². The molecule has 0 N–H and O–H groups in total. The van der Waals surface area contributed by atoms with Crippen LogP contribution in [0.3, 0.4) is 0 Å². The molecular formula is C21H28N2O3S2. The fourth-order valence-electron chi connectivity index (χ4n) is 2.99. The molecule has 0 bridgehead atoms. The van der Waals surface area contributed by atoms with Crippen molar-refractivity contribution in [3.8, 4) is 5.75 Å². The van der Waals surface area contributed by atoms with Gasteiger partial charge in [0.2, 0.25) is 0 Å². The van der Waals surface area contributed by atoms with Gasteiger partial charge in [0.05, 0.1) is 31.1 Å². The predicted octanol–water partition coefficient (Wildman–Crippen LogP) is 4.22. The third-order valence-electron chi connectivity index (χ3n) is 4.59. The monoisotopic (exact) mass is 420 g/mol. The zero-order chi connectivity index (χ0) is 19.8. The van der Waals surface area contributed by atoms with E-state index in [1.807, 2.05) is 24.1 Å². The number of methoxy groups -OCH3 is 3. The van der Waals surface area contributed by atoms with Gasteiger partial charge in [-0.1, -0.05) is 12.1 Å². The van der Waals surface area contributed by atoms with E-state index in [9.17, 15) is 0 Å². The minimum atomic E-state index is 0.715. The lowest BCUT2D eigenvalue weighted by molar-refractivity contribution is 0.117. The molecule has 0 spiro atoms. The summed E-state index contributed by atoms with van der Waals surface area (Å²) in [5, 5.41) is 2.16. The quantitative estimate of drug-likeness (QED) is 0.507. The molecule has 0 saturated carbocycles. The van der Waals surface area contributed by atoms with Crippen LogP contribution in [0.25, 0.3) is 6.08 Å². The molecular weight excluding hydrogens is 392 g/mol. The fraction of sp³-hybridized carbons (Fsp3) is 0.429. The van der Waals surface area contributed by atoms with Crippen molar-refractivity contribution in [1.82, 2.24) is 9.21 Å². The number of fused-ring (bicyclic) bond motifs is 1. The van der Waals surface area contributed by atoms with Crippen molar-refractivity contribution >= 4 is 29.4 Å². The Labute approximate surface area is 176 Å². The van der Waals surface area contributed by atoms with Gasteiger partial charge in [0, 0.05) is 45.1 Å². The standard InChI is InChI=1S/C21H28N2O3S2/c1-24-11-9-22(10-12-25-2)16-19-14-18-8-13-27-21(18)28-23(19)15-17-4-6-20(26-3)7-5-17/h4-8,13-14H,9-12,15-16H2,1-3H3. The maximum absolute atomic E-state index is 5.30. The van der Waals surface area contributed by atoms with E-state index in [-0.39, 0.29) is 0 Å². The zero-order valence-corrected chi connectivity index (χ0v) is 18.4. The molecule has 0 atom stereocenters. The number of hydrogen-bond donors (Lipinski definition) is 0. The summed E-state index contributed by atoms with van der Waals surface area (Å²) in [6, 6.07) is 10.5. The van der Waals surface area contributed by atoms with Gasteiger partial charge in [-0.25, -0.2) is 0 Å². The Morgan fingerprint density at radius 3 is 2.32 bits per heavy atom. The number of ether oxygens (including phenoxy) is 3. The molecule has 1 aromatic heterocycles. The maximum Gasteiger partial charge on any atom is 0.118 e. The van der Waals surface area contributed by atoms with E-state index in [2.05, 4.69) is 38.9 Å². The summed E-state index contributed by atoms with van der Waals surface area (Å²) in [5.41, 5.74) is 3.88. The van der Waals surface area contributed by atoms with Gasteiger partial charge in [-0.15, -0.1) is 11.3 Å². The second-order valence-electron chi connectivity index (χ2n) is 6.54. The summed E-state index contributed by atoms with van der Waals surface area (Å²) >= 11 is 3.63. The molecule has 0 radical (unpaired) electrons. The molecule has 7 heteroatoms. The van der Waals surface area contributed by atoms with Crippen LogP contribution in [0.1, 0.15) is 11.1 Å². The highest BCUT2D eigenvalue weighted by Crippen LogP contribution is 2.40. The van der Waals surface area contributed by atoms with Crippen LogP contribution in [0.15, 0.2) is 45.6 Å². The molecule has 2 heterocycles. The minimum absolute atomic E-state index is 0.715. The van der Waals surface area contributed by atoms with Gasteiger partial charge >= 0.3 is 0 Å².